The van der Waals surface area contributed by atoms with E-state index in [4.69, 9.17) is 24.4 Å². The molecule has 0 spiro atoms. The van der Waals surface area contributed by atoms with Crippen molar-refractivity contribution in [3.63, 3.8) is 0 Å². The average molecular weight is 419 g/mol. The van der Waals surface area contributed by atoms with E-state index in [1.54, 1.807) is 0 Å². The number of rotatable bonds is 9. The first-order chi connectivity index (χ1) is 11.8. The van der Waals surface area contributed by atoms with Crippen LogP contribution >= 0.6 is 24.4 Å². The van der Waals surface area contributed by atoms with Crippen LogP contribution < -0.4 is 5.32 Å². The van der Waals surface area contributed by atoms with Gasteiger partial charge in [0.2, 0.25) is 5.91 Å². The third-order valence-electron chi connectivity index (χ3n) is 6.49. The highest BCUT2D eigenvalue weighted by molar-refractivity contribution is 7.82. The molecule has 1 unspecified atom stereocenters. The molecule has 0 aliphatic heterocycles. The number of hydrogen-bond donors (Lipinski definition) is 2. The number of halogens is 1. The molecule has 0 bridgehead atoms. The molecule has 0 aliphatic rings. The molecular formula is C22H43ClN2OS. The molecule has 1 amide bonds. The van der Waals surface area contributed by atoms with Gasteiger partial charge in [-0.15, -0.1) is 0 Å². The lowest BCUT2D eigenvalue weighted by Gasteiger charge is -2.49. The molecule has 0 rings (SSSR count). The van der Waals surface area contributed by atoms with Crippen molar-refractivity contribution < 1.29 is 4.79 Å². The van der Waals surface area contributed by atoms with E-state index in [0.29, 0.717) is 0 Å². The lowest BCUT2D eigenvalue weighted by Crippen LogP contribution is -2.59. The van der Waals surface area contributed by atoms with Crippen LogP contribution in [0.2, 0.25) is 0 Å². The molecule has 1 atom stereocenters. The number of hydrogen-bond acceptors (Lipinski definition) is 3. The van der Waals surface area contributed by atoms with E-state index in [-0.39, 0.29) is 16.9 Å². The normalized spacial score (nSPS) is 15.9. The van der Waals surface area contributed by atoms with E-state index in [2.05, 4.69) is 53.4 Å². The Balaban J connectivity index is 5.64. The Hall–Kier alpha value is -0.350. The maximum Gasteiger partial charge on any atom is 0.244 e. The van der Waals surface area contributed by atoms with Gasteiger partial charge in [0, 0.05) is 23.0 Å². The van der Waals surface area contributed by atoms with Crippen molar-refractivity contribution >= 4 is 30.3 Å². The lowest BCUT2D eigenvalue weighted by atomic mass is 9.72. The number of nitrogens with zero attached hydrogens (tertiary/aromatic N) is 1. The van der Waals surface area contributed by atoms with Gasteiger partial charge in [0.15, 0.2) is 0 Å². The SMILES string of the molecule is C=C(NC(C)(C)CCCC)C(C)(S)C(C)(C)C(=O)N(Cl)C(C)(C)C(C)(C)C. The van der Waals surface area contributed by atoms with Crippen molar-refractivity contribution in [2.75, 3.05) is 0 Å². The molecule has 0 aromatic heterocycles. The van der Waals surface area contributed by atoms with Gasteiger partial charge in [-0.3, -0.25) is 4.79 Å². The van der Waals surface area contributed by atoms with Crippen molar-refractivity contribution in [3.05, 3.63) is 12.3 Å². The summed E-state index contributed by atoms with van der Waals surface area (Å²) in [6.45, 7) is 26.7. The molecule has 0 heterocycles. The van der Waals surface area contributed by atoms with Gasteiger partial charge in [-0.05, 0) is 60.3 Å². The topological polar surface area (TPSA) is 32.3 Å². The molecular weight excluding hydrogens is 376 g/mol. The summed E-state index contributed by atoms with van der Waals surface area (Å²) in [5.41, 5.74) is -0.927. The van der Waals surface area contributed by atoms with E-state index < -0.39 is 15.7 Å². The molecule has 27 heavy (non-hydrogen) atoms. The number of carbonyl (C=O) groups excluding carboxylic acids is 1. The fraction of sp³-hybridized carbons (Fsp3) is 0.864. The third kappa shape index (κ3) is 5.82. The van der Waals surface area contributed by atoms with Crippen molar-refractivity contribution in [2.45, 2.75) is 111 Å². The van der Waals surface area contributed by atoms with Crippen molar-refractivity contribution in [1.82, 2.24) is 9.74 Å². The van der Waals surface area contributed by atoms with E-state index in [1.807, 2.05) is 34.6 Å². The summed E-state index contributed by atoms with van der Waals surface area (Å²) >= 11 is 11.5. The molecule has 0 aliphatic carbocycles. The zero-order valence-corrected chi connectivity index (χ0v) is 21.2. The Bertz CT molecular complexity index is 545. The van der Waals surface area contributed by atoms with Crippen molar-refractivity contribution in [3.8, 4) is 0 Å². The standard InChI is InChI=1S/C22H43ClN2OS/c1-13-14-15-19(6,7)24-16(2)22(12,27)20(8,9)17(26)25(23)21(10,11)18(3,4)5/h24,27H,2,13-15H2,1,3-12H3. The van der Waals surface area contributed by atoms with Gasteiger partial charge in [-0.1, -0.05) is 47.1 Å². The molecule has 3 nitrogen and oxygen atoms in total. The Morgan fingerprint density at radius 2 is 1.48 bits per heavy atom. The highest BCUT2D eigenvalue weighted by Gasteiger charge is 2.52. The van der Waals surface area contributed by atoms with Crippen LogP contribution in [0.1, 0.15) is 95.4 Å². The third-order valence-corrected chi connectivity index (χ3v) is 7.89. The molecule has 160 valence electrons. The number of amides is 1. The van der Waals surface area contributed by atoms with Gasteiger partial charge in [-0.2, -0.15) is 12.6 Å². The minimum atomic E-state index is -0.856. The van der Waals surface area contributed by atoms with Crippen molar-refractivity contribution in [1.29, 1.82) is 0 Å². The summed E-state index contributed by atoms with van der Waals surface area (Å²) in [7, 11) is 0. The average Bonchev–Trinajstić information content (AvgIpc) is 2.49. The molecule has 0 aromatic carbocycles. The summed E-state index contributed by atoms with van der Waals surface area (Å²) in [4.78, 5) is 13.4. The van der Waals surface area contributed by atoms with Crippen LogP contribution in [0.5, 0.6) is 0 Å². The first kappa shape index (κ1) is 26.6. The first-order valence-corrected chi connectivity index (χ1v) is 10.7. The second kappa shape index (κ2) is 8.57. The van der Waals surface area contributed by atoms with Crippen LogP contribution in [0.25, 0.3) is 0 Å². The van der Waals surface area contributed by atoms with E-state index in [9.17, 15) is 4.79 Å². The zero-order chi connectivity index (χ0) is 22.1. The minimum Gasteiger partial charge on any atom is -0.383 e. The highest BCUT2D eigenvalue weighted by atomic mass is 35.5. The molecule has 0 saturated heterocycles. The monoisotopic (exact) mass is 418 g/mol. The van der Waals surface area contributed by atoms with E-state index >= 15 is 0 Å². The maximum atomic E-state index is 13.4. The number of nitrogens with one attached hydrogen (secondary N) is 1. The maximum absolute atomic E-state index is 13.4. The number of carbonyl (C=O) groups is 1. The van der Waals surface area contributed by atoms with Gasteiger partial charge >= 0.3 is 0 Å². The summed E-state index contributed by atoms with van der Waals surface area (Å²) in [6, 6.07) is 0. The van der Waals surface area contributed by atoms with Crippen LogP contribution in [0.15, 0.2) is 12.3 Å². The summed E-state index contributed by atoms with van der Waals surface area (Å²) in [5.74, 6) is -0.157. The Morgan fingerprint density at radius 1 is 1.04 bits per heavy atom. The fourth-order valence-electron chi connectivity index (χ4n) is 2.59. The second-order valence-corrected chi connectivity index (χ2v) is 11.9. The van der Waals surface area contributed by atoms with Crippen LogP contribution in [-0.4, -0.2) is 26.2 Å². The molecule has 0 aromatic rings. The number of unbranched alkanes of at least 4 members (excludes halogenated alkanes) is 1. The fourth-order valence-corrected chi connectivity index (χ4v) is 3.21. The minimum absolute atomic E-state index is 0.110. The lowest BCUT2D eigenvalue weighted by molar-refractivity contribution is -0.143. The smallest absolute Gasteiger partial charge is 0.244 e. The molecule has 5 heteroatoms. The summed E-state index contributed by atoms with van der Waals surface area (Å²) < 4.78 is 0.575. The Morgan fingerprint density at radius 3 is 1.85 bits per heavy atom. The predicted octanol–water partition coefficient (Wildman–Crippen LogP) is 6.58. The van der Waals surface area contributed by atoms with Gasteiger partial charge in [0.1, 0.15) is 0 Å². The van der Waals surface area contributed by atoms with Crippen LogP contribution in [0.4, 0.5) is 0 Å². The summed E-state index contributed by atoms with van der Waals surface area (Å²) in [5, 5.41) is 3.52. The van der Waals surface area contributed by atoms with Gasteiger partial charge in [0.25, 0.3) is 0 Å². The quantitative estimate of drug-likeness (QED) is 0.327. The van der Waals surface area contributed by atoms with Crippen LogP contribution in [-0.2, 0) is 4.79 Å². The Kier molecular flexibility index (Phi) is 8.46. The molecule has 0 fully saturated rings. The van der Waals surface area contributed by atoms with Gasteiger partial charge < -0.3 is 5.32 Å². The second-order valence-electron chi connectivity index (χ2n) is 10.7. The van der Waals surface area contributed by atoms with E-state index in [0.717, 1.165) is 25.0 Å². The molecule has 1 N–H and O–H groups in total. The van der Waals surface area contributed by atoms with Crippen molar-refractivity contribution in [2.24, 2.45) is 10.8 Å². The Labute approximate surface area is 179 Å². The van der Waals surface area contributed by atoms with Gasteiger partial charge in [0.05, 0.1) is 15.7 Å². The van der Waals surface area contributed by atoms with Gasteiger partial charge in [-0.25, -0.2) is 4.42 Å². The molecule has 0 radical (unpaired) electrons. The number of thiol groups is 1. The zero-order valence-electron chi connectivity index (χ0n) is 19.5. The predicted molar refractivity (Wildman–Crippen MR) is 123 cm³/mol. The first-order valence-electron chi connectivity index (χ1n) is 9.96. The molecule has 0 saturated carbocycles. The largest absolute Gasteiger partial charge is 0.383 e. The summed E-state index contributed by atoms with van der Waals surface area (Å²) in [6.07, 6.45) is 3.30. The van der Waals surface area contributed by atoms with Crippen LogP contribution in [0.3, 0.4) is 0 Å². The van der Waals surface area contributed by atoms with E-state index in [1.165, 1.54) is 4.42 Å². The van der Waals surface area contributed by atoms with Crippen LogP contribution in [0, 0.1) is 10.8 Å². The highest BCUT2D eigenvalue weighted by Crippen LogP contribution is 2.46.